The molecule has 0 aliphatic rings. The van der Waals surface area contributed by atoms with Crippen molar-refractivity contribution in [3.8, 4) is 0 Å². The Hall–Kier alpha value is -9.95. The normalized spacial score (nSPS) is 12.6. The molecule has 4 unspecified atom stereocenters. The number of amides is 8. The van der Waals surface area contributed by atoms with E-state index >= 15 is 0 Å². The number of carboxylic acids is 4. The van der Waals surface area contributed by atoms with E-state index in [4.69, 9.17) is 5.11 Å². The molecule has 25 nitrogen and oxygen atoms in total. The number of urea groups is 1. The van der Waals surface area contributed by atoms with Crippen molar-refractivity contribution >= 4 is 82.9 Å². The molecule has 0 fully saturated rings. The Balaban J connectivity index is 1.01. The summed E-state index contributed by atoms with van der Waals surface area (Å²) >= 11 is 1.41. The van der Waals surface area contributed by atoms with Crippen molar-refractivity contribution < 1.29 is 78.0 Å². The number of hydrogen-bond donors (Lipinski definition) is 13. The number of thioether (sulfide) groups is 1. The van der Waals surface area contributed by atoms with E-state index in [1.807, 2.05) is 91.0 Å². The average molecular weight is 1340 g/mol. The summed E-state index contributed by atoms with van der Waals surface area (Å²) in [5, 5.41) is 60.9. The van der Waals surface area contributed by atoms with Gasteiger partial charge in [0, 0.05) is 38.8 Å². The molecule has 0 spiro atoms. The van der Waals surface area contributed by atoms with Crippen LogP contribution in [0.25, 0.3) is 0 Å². The maximum absolute atomic E-state index is 14.3. The molecule has 96 heavy (non-hydrogen) atoms. The lowest BCUT2D eigenvalue weighted by Gasteiger charge is -2.35. The van der Waals surface area contributed by atoms with Gasteiger partial charge in [-0.2, -0.15) is 0 Å². The summed E-state index contributed by atoms with van der Waals surface area (Å²) in [6.45, 7) is -0.859. The molecule has 0 bridgehead atoms. The number of carbonyl (C=O) groups is 12. The summed E-state index contributed by atoms with van der Waals surface area (Å²) in [6.07, 6.45) is 3.79. The predicted octanol–water partition coefficient (Wildman–Crippen LogP) is 5.00. The minimum atomic E-state index is -1.52. The van der Waals surface area contributed by atoms with Gasteiger partial charge in [0.15, 0.2) is 5.78 Å². The van der Waals surface area contributed by atoms with E-state index in [2.05, 4.69) is 47.9 Å². The van der Waals surface area contributed by atoms with Crippen LogP contribution in [0.15, 0.2) is 152 Å². The molecule has 26 heteroatoms. The molecular weight excluding hydrogens is 1250 g/mol. The van der Waals surface area contributed by atoms with E-state index in [-0.39, 0.29) is 69.2 Å². The van der Waals surface area contributed by atoms with E-state index in [0.717, 1.165) is 16.7 Å². The average Bonchev–Trinajstić information content (AvgIpc) is 0.761. The molecule has 13 N–H and O–H groups in total. The molecule has 0 aliphatic carbocycles. The molecule has 8 amide bonds. The maximum atomic E-state index is 14.3. The quantitative estimate of drug-likeness (QED) is 0.0180. The first-order valence-corrected chi connectivity index (χ1v) is 33.0. The number of hydrogen-bond acceptors (Lipinski definition) is 14. The third-order valence-electron chi connectivity index (χ3n) is 15.5. The number of rotatable bonds is 46. The molecule has 5 atom stereocenters. The highest BCUT2D eigenvalue weighted by atomic mass is 32.2. The standard InChI is InChI=1S/C70H87N9O16S/c80-58(44-73-53(66(89)90)34-20-22-40-71-59(81)36-18-1-2-19-37-60(82)72-41-23-21-35-54(67(91)92)78-69(95)79-55(68(93)94)38-39-64(86)87)56(42-48-24-8-3-9-25-48)77-65(88)57(43-49-26-10-4-11-27-49)76-62(84)46-74-61(83)45-75-63(85)47-96-70(50-28-12-5-13-29-50,51-30-14-6-15-31-51)52-32-16-7-17-33-52/h3-17,24-33,53-57,73H,1-2,18-23,34-47H2,(H,71,81)(H,72,82)(H,74,83)(H,75,85)(H,76,84)(H,77,88)(H,86,87)(H,89,90)(H,91,92)(H,93,94)(H2,78,79,95)/t53?,54-,55?,56?,57?/m0/s1. The van der Waals surface area contributed by atoms with Crippen molar-refractivity contribution in [3.05, 3.63) is 179 Å². The lowest BCUT2D eigenvalue weighted by molar-refractivity contribution is -0.141. The highest BCUT2D eigenvalue weighted by Crippen LogP contribution is 2.48. The van der Waals surface area contributed by atoms with Gasteiger partial charge in [-0.15, -0.1) is 11.8 Å². The summed E-state index contributed by atoms with van der Waals surface area (Å²) in [6, 6.07) is 39.8. The Morgan fingerprint density at radius 3 is 1.24 bits per heavy atom. The smallest absolute Gasteiger partial charge is 0.326 e. The molecule has 0 aromatic heterocycles. The highest BCUT2D eigenvalue weighted by molar-refractivity contribution is 8.01. The molecule has 0 aliphatic heterocycles. The summed E-state index contributed by atoms with van der Waals surface area (Å²) in [4.78, 5) is 152. The zero-order valence-electron chi connectivity index (χ0n) is 53.5. The van der Waals surface area contributed by atoms with Crippen LogP contribution in [-0.4, -0.2) is 160 Å². The van der Waals surface area contributed by atoms with Gasteiger partial charge in [-0.3, -0.25) is 48.5 Å². The second-order valence-electron chi connectivity index (χ2n) is 22.9. The van der Waals surface area contributed by atoms with Gasteiger partial charge in [0.2, 0.25) is 35.4 Å². The topological polar surface area (TPSA) is 394 Å². The Kier molecular flexibility index (Phi) is 33.9. The fourth-order valence-electron chi connectivity index (χ4n) is 10.4. The van der Waals surface area contributed by atoms with E-state index in [0.29, 0.717) is 62.5 Å². The third-order valence-corrected chi connectivity index (χ3v) is 17.0. The first-order chi connectivity index (χ1) is 46.2. The van der Waals surface area contributed by atoms with Crippen molar-refractivity contribution in [2.24, 2.45) is 0 Å². The van der Waals surface area contributed by atoms with Gasteiger partial charge < -0.3 is 63.0 Å². The number of aliphatic carboxylic acids is 4. The van der Waals surface area contributed by atoms with Crippen LogP contribution in [0.4, 0.5) is 4.79 Å². The number of unbranched alkanes of at least 4 members (excludes halogenated alkanes) is 5. The number of benzene rings is 5. The van der Waals surface area contributed by atoms with Crippen LogP contribution in [0.1, 0.15) is 118 Å². The maximum Gasteiger partial charge on any atom is 0.326 e. The van der Waals surface area contributed by atoms with Crippen molar-refractivity contribution in [3.63, 3.8) is 0 Å². The van der Waals surface area contributed by atoms with Gasteiger partial charge >= 0.3 is 29.9 Å². The molecule has 0 heterocycles. The van der Waals surface area contributed by atoms with Gasteiger partial charge in [-0.25, -0.2) is 14.4 Å². The largest absolute Gasteiger partial charge is 0.481 e. The zero-order chi connectivity index (χ0) is 69.5. The molecular formula is C70H87N9O16S. The molecule has 0 radical (unpaired) electrons. The van der Waals surface area contributed by atoms with Crippen LogP contribution in [0.3, 0.4) is 0 Å². The summed E-state index contributed by atoms with van der Waals surface area (Å²) in [5.41, 5.74) is 4.27. The van der Waals surface area contributed by atoms with Gasteiger partial charge in [0.05, 0.1) is 36.2 Å². The Bertz CT molecular complexity index is 3220. The zero-order valence-corrected chi connectivity index (χ0v) is 54.3. The van der Waals surface area contributed by atoms with Crippen molar-refractivity contribution in [2.75, 3.05) is 38.5 Å². The summed E-state index contributed by atoms with van der Waals surface area (Å²) in [7, 11) is 0. The summed E-state index contributed by atoms with van der Waals surface area (Å²) in [5.74, 6) is -8.70. The van der Waals surface area contributed by atoms with Crippen LogP contribution in [0.2, 0.25) is 0 Å². The second kappa shape index (κ2) is 42.4. The predicted molar refractivity (Wildman–Crippen MR) is 359 cm³/mol. The highest BCUT2D eigenvalue weighted by Gasteiger charge is 2.38. The SMILES string of the molecule is O=C(O)CCC(NC(=O)N[C@@H](CCCCNC(=O)CCCCCCC(=O)NCCCCC(NCC(=O)C(Cc1ccccc1)NC(=O)C(Cc1ccccc1)NC(=O)CNC(=O)CNC(=O)CSC(c1ccccc1)(c1ccccc1)c1ccccc1)C(=O)O)C(=O)O)C(=O)O. The fourth-order valence-corrected chi connectivity index (χ4v) is 11.7. The van der Waals surface area contributed by atoms with Crippen molar-refractivity contribution in [2.45, 2.75) is 138 Å². The number of ketones is 1. The third kappa shape index (κ3) is 28.3. The first-order valence-electron chi connectivity index (χ1n) is 32.0. The minimum absolute atomic E-state index is 0.00921. The van der Waals surface area contributed by atoms with Crippen molar-refractivity contribution in [1.29, 1.82) is 0 Å². The molecule has 5 aromatic carbocycles. The number of carbonyl (C=O) groups excluding carboxylic acids is 8. The Labute approximate surface area is 561 Å². The van der Waals surface area contributed by atoms with Crippen LogP contribution >= 0.6 is 11.8 Å². The van der Waals surface area contributed by atoms with Gasteiger partial charge in [-0.1, -0.05) is 165 Å². The molecule has 0 saturated carbocycles. The Morgan fingerprint density at radius 1 is 0.365 bits per heavy atom. The van der Waals surface area contributed by atoms with E-state index < -0.39 is 127 Å². The van der Waals surface area contributed by atoms with Crippen LogP contribution in [0, 0.1) is 0 Å². The molecule has 5 aromatic rings. The fraction of sp³-hybridized carbons (Fsp3) is 0.400. The van der Waals surface area contributed by atoms with Crippen molar-refractivity contribution in [1.82, 2.24) is 47.9 Å². The van der Waals surface area contributed by atoms with Gasteiger partial charge in [0.25, 0.3) is 0 Å². The lowest BCUT2D eigenvalue weighted by atomic mass is 9.84. The van der Waals surface area contributed by atoms with E-state index in [1.54, 1.807) is 60.7 Å². The molecule has 5 rings (SSSR count). The first kappa shape index (κ1) is 76.8. The minimum Gasteiger partial charge on any atom is -0.481 e. The van der Waals surface area contributed by atoms with Gasteiger partial charge in [0.1, 0.15) is 24.2 Å². The van der Waals surface area contributed by atoms with Crippen LogP contribution in [-0.2, 0) is 70.3 Å². The van der Waals surface area contributed by atoms with Crippen LogP contribution in [0.5, 0.6) is 0 Å². The Morgan fingerprint density at radius 2 is 0.781 bits per heavy atom. The molecule has 514 valence electrons. The number of Topliss-reactive ketones (excluding diaryl/α,β-unsaturated/α-hetero) is 1. The second-order valence-corrected chi connectivity index (χ2v) is 24.0. The van der Waals surface area contributed by atoms with E-state index in [1.165, 1.54) is 11.8 Å². The number of carboxylic acid groups (broad SMARTS) is 4. The van der Waals surface area contributed by atoms with Gasteiger partial charge in [-0.05, 0) is 92.0 Å². The summed E-state index contributed by atoms with van der Waals surface area (Å²) < 4.78 is -0.772. The van der Waals surface area contributed by atoms with E-state index in [9.17, 15) is 72.9 Å². The monoisotopic (exact) mass is 1340 g/mol. The van der Waals surface area contributed by atoms with Crippen LogP contribution < -0.4 is 47.9 Å². The number of nitrogens with one attached hydrogen (secondary N) is 9. The lowest BCUT2D eigenvalue weighted by Crippen LogP contribution is -2.55. The molecule has 0 saturated heterocycles.